The molecule has 0 spiro atoms. The Morgan fingerprint density at radius 3 is 1.37 bits per heavy atom. The largest absolute Gasteiger partial charge is 0.508 e. The smallest absolute Gasteiger partial charge is 0.462 e. The molecule has 9 rings (SSSR count). The highest BCUT2D eigenvalue weighted by Gasteiger charge is 2.35. The summed E-state index contributed by atoms with van der Waals surface area (Å²) in [6.07, 6.45) is -2.33. The van der Waals surface area contributed by atoms with Crippen molar-refractivity contribution in [3.63, 3.8) is 0 Å². The van der Waals surface area contributed by atoms with Crippen molar-refractivity contribution < 1.29 is 124 Å². The predicted molar refractivity (Wildman–Crippen MR) is 227 cm³/mol. The van der Waals surface area contributed by atoms with Crippen molar-refractivity contribution in [2.24, 2.45) is 0 Å². The summed E-state index contributed by atoms with van der Waals surface area (Å²) < 4.78 is 85.2. The Balaban J connectivity index is 0.000000161. The molecule has 28 heteroatoms. The third-order valence-electron chi connectivity index (χ3n) is 10.6. The molecular weight excluding hydrogens is 984 g/mol. The van der Waals surface area contributed by atoms with Crippen molar-refractivity contribution >= 4 is 54.3 Å². The van der Waals surface area contributed by atoms with Crippen molar-refractivity contribution in [2.45, 2.75) is 74.5 Å². The van der Waals surface area contributed by atoms with Crippen molar-refractivity contribution in [3.05, 3.63) is 71.7 Å². The van der Waals surface area contributed by atoms with E-state index >= 15 is 0 Å². The minimum Gasteiger partial charge on any atom is -0.462 e. The van der Waals surface area contributed by atoms with Gasteiger partial charge in [0.1, 0.15) is 94.4 Å². The van der Waals surface area contributed by atoms with Crippen LogP contribution in [0, 0.1) is 0 Å². The van der Waals surface area contributed by atoms with Crippen molar-refractivity contribution in [1.82, 2.24) is 9.97 Å². The van der Waals surface area contributed by atoms with E-state index in [1.54, 1.807) is 0 Å². The average molecular weight is 1030 g/mol. The van der Waals surface area contributed by atoms with Gasteiger partial charge in [-0.05, 0) is 43.7 Å². The van der Waals surface area contributed by atoms with E-state index in [4.69, 9.17) is 66.3 Å². The van der Waals surface area contributed by atoms with Crippen LogP contribution in [0.1, 0.15) is 67.5 Å². The van der Waals surface area contributed by atoms with Crippen LogP contribution in [0.3, 0.4) is 0 Å². The Morgan fingerprint density at radius 2 is 0.932 bits per heavy atom. The van der Waals surface area contributed by atoms with E-state index in [2.05, 4.69) is 30.8 Å². The van der Waals surface area contributed by atoms with Crippen LogP contribution in [0.15, 0.2) is 49.1 Å². The maximum Gasteiger partial charge on any atom is 0.508 e. The Kier molecular flexibility index (Phi) is 18.9. The molecule has 7 fully saturated rings. The van der Waals surface area contributed by atoms with E-state index in [0.717, 1.165) is 0 Å². The maximum atomic E-state index is 12.0. The number of pyridine rings is 2. The van der Waals surface area contributed by atoms with Crippen molar-refractivity contribution in [2.75, 3.05) is 79.3 Å². The van der Waals surface area contributed by atoms with Crippen LogP contribution in [0.2, 0.25) is 0 Å². The highest BCUT2D eigenvalue weighted by atomic mass is 16.8. The Bertz CT molecular complexity index is 2190. The van der Waals surface area contributed by atoms with Crippen LogP contribution in [-0.2, 0) is 90.1 Å². The zero-order chi connectivity index (χ0) is 51.7. The minimum atomic E-state index is -0.818. The van der Waals surface area contributed by atoms with E-state index in [9.17, 15) is 43.2 Å². The number of ether oxygens (including phenoxy) is 17. The summed E-state index contributed by atoms with van der Waals surface area (Å²) >= 11 is 0. The van der Waals surface area contributed by atoms with Crippen LogP contribution in [-0.4, -0.2) is 192 Å². The molecule has 0 aliphatic carbocycles. The van der Waals surface area contributed by atoms with Crippen molar-refractivity contribution in [1.29, 1.82) is 0 Å². The number of hydrogen-bond acceptors (Lipinski definition) is 28. The van der Waals surface area contributed by atoms with E-state index in [1.807, 2.05) is 0 Å². The molecule has 394 valence electrons. The summed E-state index contributed by atoms with van der Waals surface area (Å²) in [5.74, 6) is -3.19. The van der Waals surface area contributed by atoms with Crippen LogP contribution >= 0.6 is 0 Å². The van der Waals surface area contributed by atoms with Gasteiger partial charge in [-0.1, -0.05) is 6.07 Å². The molecule has 0 bridgehead atoms. The molecule has 9 heterocycles. The number of carbonyl (C=O) groups is 9. The molecule has 8 unspecified atom stereocenters. The van der Waals surface area contributed by atoms with Gasteiger partial charge in [0.05, 0.1) is 32.0 Å². The standard InChI is InChI=1S/2C16H15NO9.C13H18O8/c1-9-21-5-11(25-9)6-22-14(18)10-2-3-13(17-4-10)15(19)23-7-12-8-24-16(20)26-12;18-13-5-4-9(25-13)6-22-14(19)11-2-1-3-12(17-11)15(20)23-7-10-8-24-16(21)26-10;14-12-2-1-8(20-12)3-17-10-6-16-7-11(10)18-4-9-5-19-13(15)21-9/h2-4,11-12H,1,5-8H2;1-3,9-10H,4-8H2;8-11H,1-7H2. The summed E-state index contributed by atoms with van der Waals surface area (Å²) in [5.41, 5.74) is -0.0237. The van der Waals surface area contributed by atoms with Gasteiger partial charge in [-0.2, -0.15) is 0 Å². The zero-order valence-corrected chi connectivity index (χ0v) is 38.6. The first-order valence-electron chi connectivity index (χ1n) is 22.5. The summed E-state index contributed by atoms with van der Waals surface area (Å²) in [7, 11) is 0. The van der Waals surface area contributed by atoms with Gasteiger partial charge >= 0.3 is 54.3 Å². The van der Waals surface area contributed by atoms with Crippen LogP contribution in [0.5, 0.6) is 0 Å². The topological polar surface area (TPSA) is 336 Å². The van der Waals surface area contributed by atoms with Gasteiger partial charge in [0, 0.05) is 19.0 Å². The molecule has 7 aliphatic heterocycles. The van der Waals surface area contributed by atoms with Gasteiger partial charge in [-0.3, -0.25) is 9.59 Å². The number of nitrogens with zero attached hydrogens (tertiary/aromatic N) is 2. The Hall–Kier alpha value is -7.85. The van der Waals surface area contributed by atoms with E-state index < -0.39 is 66.8 Å². The summed E-state index contributed by atoms with van der Waals surface area (Å²) in [4.78, 5) is 110. The molecule has 7 aliphatic rings. The second-order valence-corrected chi connectivity index (χ2v) is 16.1. The number of cyclic esters (lactones) is 8. The molecule has 73 heavy (non-hydrogen) atoms. The first kappa shape index (κ1) is 53.0. The minimum absolute atomic E-state index is 0.00233. The normalized spacial score (nSPS) is 25.5. The first-order chi connectivity index (χ1) is 35.2. The van der Waals surface area contributed by atoms with E-state index in [-0.39, 0.29) is 124 Å². The second kappa shape index (κ2) is 26.0. The molecule has 28 nitrogen and oxygen atoms in total. The lowest BCUT2D eigenvalue weighted by Crippen LogP contribution is -2.35. The van der Waals surface area contributed by atoms with Crippen LogP contribution < -0.4 is 0 Å². The summed E-state index contributed by atoms with van der Waals surface area (Å²) in [5, 5.41) is 0. The molecule has 0 saturated carbocycles. The fourth-order valence-electron chi connectivity index (χ4n) is 6.83. The third kappa shape index (κ3) is 16.6. The van der Waals surface area contributed by atoms with Gasteiger partial charge in [-0.25, -0.2) is 43.5 Å². The Labute approximate surface area is 412 Å². The Morgan fingerprint density at radius 1 is 0.493 bits per heavy atom. The lowest BCUT2D eigenvalue weighted by atomic mass is 10.2. The third-order valence-corrected chi connectivity index (χ3v) is 10.6. The molecule has 2 aromatic heterocycles. The molecule has 0 aromatic carbocycles. The molecule has 0 radical (unpaired) electrons. The number of carbonyl (C=O) groups excluding carboxylic acids is 9. The molecular formula is C45H48N2O26. The molecule has 8 atom stereocenters. The van der Waals surface area contributed by atoms with Crippen LogP contribution in [0.4, 0.5) is 14.4 Å². The summed E-state index contributed by atoms with van der Waals surface area (Å²) in [6, 6.07) is 6.92. The number of rotatable bonds is 18. The predicted octanol–water partition coefficient (Wildman–Crippen LogP) is 1.48. The van der Waals surface area contributed by atoms with Gasteiger partial charge in [0.15, 0.2) is 24.4 Å². The van der Waals surface area contributed by atoms with Crippen LogP contribution in [0.25, 0.3) is 0 Å². The maximum absolute atomic E-state index is 12.0. The molecule has 0 N–H and O–H groups in total. The number of esters is 6. The molecule has 2 aromatic rings. The van der Waals surface area contributed by atoms with E-state index in [0.29, 0.717) is 45.5 Å². The SMILES string of the molecule is C=C1OCC(COC(=O)c2ccc(C(=O)OCC3COC(=O)O3)nc2)O1.O=C1CCC(COC(=O)c2cccc(C(=O)OCC3COC(=O)O3)n2)O1.O=C1CCC(COC2COCC2OCC2COC(=O)O2)O1. The van der Waals surface area contributed by atoms with Gasteiger partial charge in [0.25, 0.3) is 5.95 Å². The number of hydrogen-bond donors (Lipinski definition) is 0. The fourth-order valence-corrected chi connectivity index (χ4v) is 6.83. The number of aromatic nitrogens is 2. The zero-order valence-electron chi connectivity index (χ0n) is 38.6. The van der Waals surface area contributed by atoms with Crippen molar-refractivity contribution in [3.8, 4) is 0 Å². The average Bonchev–Trinajstić information content (AvgIpc) is 4.28. The lowest BCUT2D eigenvalue weighted by molar-refractivity contribution is -0.145. The molecule has 0 amide bonds. The second-order valence-electron chi connectivity index (χ2n) is 16.1. The van der Waals surface area contributed by atoms with Gasteiger partial charge < -0.3 is 80.5 Å². The quantitative estimate of drug-likeness (QED) is 0.151. The fraction of sp³-hybridized carbons (Fsp3) is 0.533. The van der Waals surface area contributed by atoms with E-state index in [1.165, 1.54) is 36.5 Å². The van der Waals surface area contributed by atoms with Gasteiger partial charge in [0.2, 0.25) is 0 Å². The first-order valence-corrected chi connectivity index (χ1v) is 22.5. The summed E-state index contributed by atoms with van der Waals surface area (Å²) in [6.45, 7) is 5.03. The lowest BCUT2D eigenvalue weighted by Gasteiger charge is -2.21. The molecule has 7 saturated heterocycles. The monoisotopic (exact) mass is 1030 g/mol. The highest BCUT2D eigenvalue weighted by molar-refractivity contribution is 5.92. The highest BCUT2D eigenvalue weighted by Crippen LogP contribution is 2.21. The van der Waals surface area contributed by atoms with Gasteiger partial charge in [-0.15, -0.1) is 0 Å².